The number of rotatable bonds is 7. The Balaban J connectivity index is 1.55. The molecule has 2 aromatic rings. The van der Waals surface area contributed by atoms with Crippen LogP contribution in [0.25, 0.3) is 5.76 Å². The molecule has 0 bridgehead atoms. The SMILES string of the molecule is C=C(OCC)c1c(NC(=O)NCc2c(C(C)(F)F)sc3c2CCNC3)sc2c1CCC(F)(F)C2. The fraction of sp³-hybridized carbons (Fsp3) is 0.522. The lowest BCUT2D eigenvalue weighted by atomic mass is 9.92. The molecule has 0 saturated carbocycles. The topological polar surface area (TPSA) is 62.4 Å². The molecule has 5 nitrogen and oxygen atoms in total. The van der Waals surface area contributed by atoms with Crippen LogP contribution in [-0.2, 0) is 43.0 Å². The van der Waals surface area contributed by atoms with Crippen molar-refractivity contribution in [3.63, 3.8) is 0 Å². The number of halogens is 4. The molecule has 1 aliphatic heterocycles. The van der Waals surface area contributed by atoms with E-state index in [0.717, 1.165) is 45.6 Å². The van der Waals surface area contributed by atoms with E-state index in [2.05, 4.69) is 22.5 Å². The van der Waals surface area contributed by atoms with Crippen molar-refractivity contribution in [1.29, 1.82) is 0 Å². The fourth-order valence-electron chi connectivity index (χ4n) is 4.44. The van der Waals surface area contributed by atoms with Gasteiger partial charge in [-0.05, 0) is 43.0 Å². The Bertz CT molecular complexity index is 1100. The van der Waals surface area contributed by atoms with Crippen molar-refractivity contribution in [3.8, 4) is 0 Å². The van der Waals surface area contributed by atoms with E-state index < -0.39 is 24.3 Å². The molecular weight excluding hydrogens is 490 g/mol. The highest BCUT2D eigenvalue weighted by molar-refractivity contribution is 7.16. The summed E-state index contributed by atoms with van der Waals surface area (Å²) in [6.07, 6.45) is 0.103. The molecule has 11 heteroatoms. The smallest absolute Gasteiger partial charge is 0.320 e. The Morgan fingerprint density at radius 1 is 1.24 bits per heavy atom. The molecule has 186 valence electrons. The van der Waals surface area contributed by atoms with Crippen molar-refractivity contribution < 1.29 is 27.1 Å². The zero-order chi connectivity index (χ0) is 24.7. The van der Waals surface area contributed by atoms with Crippen LogP contribution in [0.15, 0.2) is 6.58 Å². The monoisotopic (exact) mass is 517 g/mol. The minimum absolute atomic E-state index is 0.0410. The summed E-state index contributed by atoms with van der Waals surface area (Å²) < 4.78 is 62.0. The van der Waals surface area contributed by atoms with Gasteiger partial charge in [0.05, 0.1) is 17.0 Å². The van der Waals surface area contributed by atoms with Gasteiger partial charge in [0.25, 0.3) is 11.8 Å². The van der Waals surface area contributed by atoms with Gasteiger partial charge < -0.3 is 15.4 Å². The van der Waals surface area contributed by atoms with E-state index in [1.165, 1.54) is 0 Å². The van der Waals surface area contributed by atoms with Crippen LogP contribution >= 0.6 is 22.7 Å². The Morgan fingerprint density at radius 3 is 2.71 bits per heavy atom. The molecular formula is C23H27F4N3O2S2. The van der Waals surface area contributed by atoms with Crippen LogP contribution in [0.2, 0.25) is 0 Å². The lowest BCUT2D eigenvalue weighted by Gasteiger charge is -2.22. The molecule has 1 aliphatic carbocycles. The summed E-state index contributed by atoms with van der Waals surface area (Å²) in [5.74, 6) is -5.50. The largest absolute Gasteiger partial charge is 0.494 e. The van der Waals surface area contributed by atoms with Crippen molar-refractivity contribution >= 4 is 39.5 Å². The predicted molar refractivity (Wildman–Crippen MR) is 127 cm³/mol. The maximum Gasteiger partial charge on any atom is 0.320 e. The number of alkyl halides is 4. The lowest BCUT2D eigenvalue weighted by molar-refractivity contribution is -0.0112. The van der Waals surface area contributed by atoms with Crippen LogP contribution in [0.1, 0.15) is 57.2 Å². The van der Waals surface area contributed by atoms with Gasteiger partial charge in [-0.15, -0.1) is 22.7 Å². The molecule has 3 N–H and O–H groups in total. The molecule has 3 heterocycles. The van der Waals surface area contributed by atoms with Crippen molar-refractivity contribution in [1.82, 2.24) is 10.6 Å². The number of hydrogen-bond acceptors (Lipinski definition) is 5. The van der Waals surface area contributed by atoms with E-state index in [1.807, 2.05) is 0 Å². The summed E-state index contributed by atoms with van der Waals surface area (Å²) in [7, 11) is 0. The van der Waals surface area contributed by atoms with Crippen LogP contribution in [0.5, 0.6) is 0 Å². The quantitative estimate of drug-likeness (QED) is 0.311. The molecule has 0 atom stereocenters. The molecule has 0 saturated heterocycles. The minimum atomic E-state index is -3.02. The van der Waals surface area contributed by atoms with E-state index in [4.69, 9.17) is 4.74 Å². The van der Waals surface area contributed by atoms with Crippen molar-refractivity contribution in [2.75, 3.05) is 18.5 Å². The first kappa shape index (κ1) is 25.0. The van der Waals surface area contributed by atoms with Gasteiger partial charge in [-0.1, -0.05) is 6.58 Å². The predicted octanol–water partition coefficient (Wildman–Crippen LogP) is 6.02. The number of ether oxygens (including phenoxy) is 1. The summed E-state index contributed by atoms with van der Waals surface area (Å²) in [6, 6.07) is -0.602. The number of fused-ring (bicyclic) bond motifs is 2. The molecule has 0 radical (unpaired) electrons. The Morgan fingerprint density at radius 2 is 2.00 bits per heavy atom. The number of nitrogens with one attached hydrogen (secondary N) is 3. The number of thiophene rings is 2. The minimum Gasteiger partial charge on any atom is -0.494 e. The van der Waals surface area contributed by atoms with Crippen LogP contribution in [-0.4, -0.2) is 25.1 Å². The summed E-state index contributed by atoms with van der Waals surface area (Å²) in [6.45, 7) is 8.07. The van der Waals surface area contributed by atoms with Gasteiger partial charge in [0, 0.05) is 42.6 Å². The molecule has 34 heavy (non-hydrogen) atoms. The van der Waals surface area contributed by atoms with E-state index in [0.29, 0.717) is 52.9 Å². The summed E-state index contributed by atoms with van der Waals surface area (Å²) in [4.78, 5) is 14.1. The Labute approximate surface area is 203 Å². The second-order valence-electron chi connectivity index (χ2n) is 8.53. The Hall–Kier alpha value is -2.11. The van der Waals surface area contributed by atoms with E-state index >= 15 is 0 Å². The van der Waals surface area contributed by atoms with Crippen molar-refractivity contribution in [2.45, 2.75) is 64.5 Å². The normalized spacial score (nSPS) is 17.0. The van der Waals surface area contributed by atoms with Gasteiger partial charge in [-0.2, -0.15) is 0 Å². The molecule has 4 rings (SSSR count). The number of amides is 2. The van der Waals surface area contributed by atoms with E-state index in [1.54, 1.807) is 6.92 Å². The van der Waals surface area contributed by atoms with Gasteiger partial charge in [0.1, 0.15) is 10.8 Å². The number of anilines is 1. The highest BCUT2D eigenvalue weighted by Crippen LogP contribution is 2.45. The average molecular weight is 518 g/mol. The third-order valence-electron chi connectivity index (χ3n) is 5.94. The van der Waals surface area contributed by atoms with Crippen LogP contribution in [0.3, 0.4) is 0 Å². The van der Waals surface area contributed by atoms with Gasteiger partial charge in [0.15, 0.2) is 0 Å². The summed E-state index contributed by atoms with van der Waals surface area (Å²) in [5, 5.41) is 8.96. The van der Waals surface area contributed by atoms with Gasteiger partial charge in [0.2, 0.25) is 0 Å². The van der Waals surface area contributed by atoms with Crippen LogP contribution in [0.4, 0.5) is 27.4 Å². The third-order valence-corrected chi connectivity index (χ3v) is 8.53. The average Bonchev–Trinajstić information content (AvgIpc) is 3.29. The first-order valence-corrected chi connectivity index (χ1v) is 12.7. The van der Waals surface area contributed by atoms with Crippen LogP contribution in [0, 0.1) is 0 Å². The molecule has 2 aliphatic rings. The molecule has 2 aromatic heterocycles. The summed E-state index contributed by atoms with van der Waals surface area (Å²) in [5.41, 5.74) is 2.57. The number of carbonyl (C=O) groups is 1. The maximum absolute atomic E-state index is 14.3. The first-order chi connectivity index (χ1) is 16.0. The third kappa shape index (κ3) is 5.11. The maximum atomic E-state index is 14.3. The number of hydrogen-bond donors (Lipinski definition) is 3. The van der Waals surface area contributed by atoms with E-state index in [-0.39, 0.29) is 24.3 Å². The first-order valence-electron chi connectivity index (χ1n) is 11.1. The van der Waals surface area contributed by atoms with Gasteiger partial charge in [-0.25, -0.2) is 22.4 Å². The number of urea groups is 1. The van der Waals surface area contributed by atoms with Crippen molar-refractivity contribution in [3.05, 3.63) is 43.5 Å². The molecule has 0 spiro atoms. The standard InChI is InChI=1S/C23H27F4N3O2S2/c1-4-32-12(2)18-14-5-7-23(26,27)9-16(14)34-20(18)30-21(31)29-10-15-13-6-8-28-11-17(13)33-19(15)22(3,24)25/h28H,2,4-11H2,1,3H3,(H2,29,30,31). The zero-order valence-corrected chi connectivity index (χ0v) is 20.6. The number of carbonyl (C=O) groups excluding carboxylic acids is 1. The fourth-order valence-corrected chi connectivity index (χ4v) is 7.04. The highest BCUT2D eigenvalue weighted by atomic mass is 32.1. The van der Waals surface area contributed by atoms with E-state index in [9.17, 15) is 22.4 Å². The summed E-state index contributed by atoms with van der Waals surface area (Å²) >= 11 is 2.15. The molecule has 0 aromatic carbocycles. The highest BCUT2D eigenvalue weighted by Gasteiger charge is 2.38. The molecule has 2 amide bonds. The lowest BCUT2D eigenvalue weighted by Crippen LogP contribution is -2.30. The van der Waals surface area contributed by atoms with Gasteiger partial charge in [-0.3, -0.25) is 5.32 Å². The van der Waals surface area contributed by atoms with Gasteiger partial charge >= 0.3 is 6.03 Å². The van der Waals surface area contributed by atoms with Crippen LogP contribution < -0.4 is 16.0 Å². The molecule has 0 fully saturated rings. The second-order valence-corrected chi connectivity index (χ2v) is 10.7. The Kier molecular flexibility index (Phi) is 6.99. The zero-order valence-electron chi connectivity index (χ0n) is 19.0. The van der Waals surface area contributed by atoms with Crippen molar-refractivity contribution in [2.24, 2.45) is 0 Å². The second kappa shape index (κ2) is 9.50. The molecule has 0 unspecified atom stereocenters.